The first-order valence-electron chi connectivity index (χ1n) is 5.28. The molecule has 0 aromatic rings. The lowest BCUT2D eigenvalue weighted by molar-refractivity contribution is -0.130. The first-order valence-corrected chi connectivity index (χ1v) is 6.35. The predicted molar refractivity (Wildman–Crippen MR) is 68.1 cm³/mol. The van der Waals surface area contributed by atoms with Crippen molar-refractivity contribution < 1.29 is 18.3 Å². The number of alkyl halides is 3. The van der Waals surface area contributed by atoms with Gasteiger partial charge in [-0.1, -0.05) is 20.8 Å². The van der Waals surface area contributed by atoms with Crippen molar-refractivity contribution in [2.75, 3.05) is 6.61 Å². The van der Waals surface area contributed by atoms with E-state index in [1.807, 2.05) is 0 Å². The first-order chi connectivity index (χ1) is 7.06. The maximum Gasteiger partial charge on any atom is 0.299 e. The van der Waals surface area contributed by atoms with Gasteiger partial charge in [-0.25, -0.2) is 0 Å². The molecule has 0 saturated heterocycles. The van der Waals surface area contributed by atoms with Crippen LogP contribution in [0.1, 0.15) is 40.5 Å². The van der Waals surface area contributed by atoms with E-state index in [4.69, 9.17) is 4.74 Å². The van der Waals surface area contributed by atoms with Crippen LogP contribution in [0.25, 0.3) is 0 Å². The Morgan fingerprint density at radius 2 is 1.88 bits per heavy atom. The minimum atomic E-state index is -2.82. The third kappa shape index (κ3) is 7.49. The summed E-state index contributed by atoms with van der Waals surface area (Å²) in [5.41, 5.74) is -0.504. The standard InChI is InChI=1S/C11H19F2IO2/c1-5-16-8(7-11(12,13)14)6-9(15)10(2,3)4/h8H,5-7H2,1-4H3. The van der Waals surface area contributed by atoms with Crippen LogP contribution >= 0.6 is 22.6 Å². The number of carbonyl (C=O) groups is 1. The van der Waals surface area contributed by atoms with E-state index < -0.39 is 21.9 Å². The van der Waals surface area contributed by atoms with Gasteiger partial charge < -0.3 is 4.74 Å². The quantitative estimate of drug-likeness (QED) is 0.539. The Morgan fingerprint density at radius 3 is 2.19 bits per heavy atom. The lowest BCUT2D eigenvalue weighted by Crippen LogP contribution is -2.29. The van der Waals surface area contributed by atoms with Gasteiger partial charge in [0.2, 0.25) is 0 Å². The van der Waals surface area contributed by atoms with Gasteiger partial charge in [0.25, 0.3) is 3.93 Å². The van der Waals surface area contributed by atoms with Crippen molar-refractivity contribution >= 4 is 28.4 Å². The van der Waals surface area contributed by atoms with E-state index in [1.165, 1.54) is 0 Å². The van der Waals surface area contributed by atoms with E-state index >= 15 is 0 Å². The number of Topliss-reactive ketones (excluding diaryl/α,β-unsaturated/α-hetero) is 1. The molecule has 0 spiro atoms. The SMILES string of the molecule is CCOC(CC(=O)C(C)(C)C)CC(F)(F)I. The zero-order valence-corrected chi connectivity index (χ0v) is 12.3. The average molecular weight is 348 g/mol. The summed E-state index contributed by atoms with van der Waals surface area (Å²) in [5.74, 6) is -0.0494. The number of ether oxygens (including phenoxy) is 1. The molecule has 5 heteroatoms. The number of carbonyl (C=O) groups excluding carboxylic acids is 1. The minimum absolute atomic E-state index is 0.0494. The van der Waals surface area contributed by atoms with Gasteiger partial charge in [-0.15, -0.1) is 0 Å². The molecule has 2 nitrogen and oxygen atoms in total. The number of ketones is 1. The van der Waals surface area contributed by atoms with E-state index in [0.717, 1.165) is 22.6 Å². The van der Waals surface area contributed by atoms with Crippen LogP contribution in [-0.4, -0.2) is 22.4 Å². The van der Waals surface area contributed by atoms with E-state index in [-0.39, 0.29) is 12.2 Å². The average Bonchev–Trinajstić information content (AvgIpc) is 1.99. The highest BCUT2D eigenvalue weighted by molar-refractivity contribution is 14.1. The Hall–Kier alpha value is 0.220. The van der Waals surface area contributed by atoms with Gasteiger partial charge in [-0.05, 0) is 29.5 Å². The fourth-order valence-electron chi connectivity index (χ4n) is 1.20. The zero-order chi connectivity index (χ0) is 13.0. The van der Waals surface area contributed by atoms with E-state index in [2.05, 4.69) is 0 Å². The van der Waals surface area contributed by atoms with Gasteiger partial charge in [0.1, 0.15) is 5.78 Å². The van der Waals surface area contributed by atoms with E-state index in [1.54, 1.807) is 27.7 Å². The van der Waals surface area contributed by atoms with Crippen LogP contribution in [-0.2, 0) is 9.53 Å². The molecule has 0 aromatic carbocycles. The van der Waals surface area contributed by atoms with Crippen molar-refractivity contribution in [2.45, 2.75) is 50.6 Å². The third-order valence-corrected chi connectivity index (χ3v) is 2.55. The molecule has 16 heavy (non-hydrogen) atoms. The summed E-state index contributed by atoms with van der Waals surface area (Å²) in [6, 6.07) is 0. The van der Waals surface area contributed by atoms with Gasteiger partial charge in [-0.2, -0.15) is 8.78 Å². The molecule has 96 valence electrons. The maximum absolute atomic E-state index is 12.8. The Kier molecular flexibility index (Phi) is 6.32. The van der Waals surface area contributed by atoms with Crippen LogP contribution in [0.15, 0.2) is 0 Å². The van der Waals surface area contributed by atoms with Crippen molar-refractivity contribution in [3.05, 3.63) is 0 Å². The third-order valence-electron chi connectivity index (χ3n) is 2.11. The summed E-state index contributed by atoms with van der Waals surface area (Å²) in [6.45, 7) is 7.41. The minimum Gasteiger partial charge on any atom is -0.378 e. The van der Waals surface area contributed by atoms with Crippen molar-refractivity contribution in [2.24, 2.45) is 5.41 Å². The molecule has 1 atom stereocenters. The molecular weight excluding hydrogens is 329 g/mol. The molecule has 0 aliphatic heterocycles. The molecule has 0 bridgehead atoms. The van der Waals surface area contributed by atoms with E-state index in [0.29, 0.717) is 6.61 Å². The van der Waals surface area contributed by atoms with Crippen LogP contribution < -0.4 is 0 Å². The van der Waals surface area contributed by atoms with Crippen molar-refractivity contribution in [1.29, 1.82) is 0 Å². The highest BCUT2D eigenvalue weighted by Gasteiger charge is 2.32. The Labute approximate surface area is 109 Å². The molecule has 0 heterocycles. The molecule has 0 aliphatic carbocycles. The Morgan fingerprint density at radius 1 is 1.38 bits per heavy atom. The second-order valence-corrected chi connectivity index (χ2v) is 6.35. The molecule has 0 amide bonds. The summed E-state index contributed by atoms with van der Waals surface area (Å²) >= 11 is 1.07. The number of hydrogen-bond acceptors (Lipinski definition) is 2. The molecule has 0 saturated carbocycles. The summed E-state index contributed by atoms with van der Waals surface area (Å²) in [7, 11) is 0. The Balaban J connectivity index is 4.40. The van der Waals surface area contributed by atoms with Gasteiger partial charge in [0.05, 0.1) is 6.10 Å². The number of halogens is 3. The van der Waals surface area contributed by atoms with Gasteiger partial charge in [0, 0.05) is 24.9 Å². The van der Waals surface area contributed by atoms with Crippen molar-refractivity contribution in [3.8, 4) is 0 Å². The van der Waals surface area contributed by atoms with Gasteiger partial charge >= 0.3 is 0 Å². The molecule has 0 aromatic heterocycles. The molecule has 0 rings (SSSR count). The highest BCUT2D eigenvalue weighted by atomic mass is 127. The lowest BCUT2D eigenvalue weighted by atomic mass is 9.87. The number of hydrogen-bond donors (Lipinski definition) is 0. The largest absolute Gasteiger partial charge is 0.378 e. The van der Waals surface area contributed by atoms with E-state index in [9.17, 15) is 13.6 Å². The van der Waals surface area contributed by atoms with Crippen LogP contribution in [0.3, 0.4) is 0 Å². The summed E-state index contributed by atoms with van der Waals surface area (Å²) in [5, 5.41) is 0. The van der Waals surface area contributed by atoms with Gasteiger partial charge in [0.15, 0.2) is 0 Å². The van der Waals surface area contributed by atoms with Crippen LogP contribution in [0, 0.1) is 5.41 Å². The Bertz CT molecular complexity index is 231. The molecular formula is C11H19F2IO2. The molecule has 1 unspecified atom stereocenters. The summed E-state index contributed by atoms with van der Waals surface area (Å²) in [6.07, 6.45) is -1.05. The second kappa shape index (κ2) is 6.23. The van der Waals surface area contributed by atoms with Crippen LogP contribution in [0.2, 0.25) is 0 Å². The van der Waals surface area contributed by atoms with Crippen LogP contribution in [0.5, 0.6) is 0 Å². The smallest absolute Gasteiger partial charge is 0.299 e. The monoisotopic (exact) mass is 348 g/mol. The lowest BCUT2D eigenvalue weighted by Gasteiger charge is -2.23. The zero-order valence-electron chi connectivity index (χ0n) is 10.1. The van der Waals surface area contributed by atoms with Gasteiger partial charge in [-0.3, -0.25) is 4.79 Å². The predicted octanol–water partition coefficient (Wildman–Crippen LogP) is 3.81. The topological polar surface area (TPSA) is 26.3 Å². The fourth-order valence-corrected chi connectivity index (χ4v) is 1.69. The van der Waals surface area contributed by atoms with Crippen molar-refractivity contribution in [3.63, 3.8) is 0 Å². The summed E-state index contributed by atoms with van der Waals surface area (Å²) in [4.78, 5) is 11.7. The number of rotatable bonds is 6. The second-order valence-electron chi connectivity index (χ2n) is 4.77. The summed E-state index contributed by atoms with van der Waals surface area (Å²) < 4.78 is 28.0. The molecule has 0 N–H and O–H groups in total. The molecule has 0 aliphatic rings. The maximum atomic E-state index is 12.8. The van der Waals surface area contributed by atoms with Crippen LogP contribution in [0.4, 0.5) is 8.78 Å². The molecule has 0 radical (unpaired) electrons. The fraction of sp³-hybridized carbons (Fsp3) is 0.909. The normalized spacial score (nSPS) is 14.9. The first kappa shape index (κ1) is 16.2. The molecule has 0 fully saturated rings. The van der Waals surface area contributed by atoms with Crippen molar-refractivity contribution in [1.82, 2.24) is 0 Å². The highest BCUT2D eigenvalue weighted by Crippen LogP contribution is 2.31.